The molecule has 1 atom stereocenters. The van der Waals surface area contributed by atoms with Crippen molar-refractivity contribution in [2.75, 3.05) is 13.2 Å². The van der Waals surface area contributed by atoms with Crippen LogP contribution in [0, 0.1) is 0 Å². The number of hydrogen-bond acceptors (Lipinski definition) is 3. The molecule has 0 fully saturated rings. The molecule has 0 saturated heterocycles. The second-order valence-electron chi connectivity index (χ2n) is 6.80. The van der Waals surface area contributed by atoms with Crippen LogP contribution in [0.5, 0.6) is 0 Å². The number of rotatable bonds is 19. The Hall–Kier alpha value is -0.380. The summed E-state index contributed by atoms with van der Waals surface area (Å²) in [6, 6.07) is 0. The number of aliphatic hydroxyl groups excluding tert-OH is 2. The number of allylic oxidation sites excluding steroid dienone is 2. The molecule has 0 aliphatic heterocycles. The first-order valence-electron chi connectivity index (χ1n) is 10.4. The van der Waals surface area contributed by atoms with Gasteiger partial charge in [-0.15, -0.1) is 0 Å². The van der Waals surface area contributed by atoms with Crippen molar-refractivity contribution in [3.05, 3.63) is 12.2 Å². The maximum absolute atomic E-state index is 9.02. The van der Waals surface area contributed by atoms with E-state index in [1.807, 2.05) is 0 Å². The van der Waals surface area contributed by atoms with Gasteiger partial charge in [0.15, 0.2) is 6.29 Å². The molecule has 3 nitrogen and oxygen atoms in total. The highest BCUT2D eigenvalue weighted by Gasteiger charge is 1.99. The van der Waals surface area contributed by atoms with Gasteiger partial charge in [-0.25, -0.2) is 0 Å². The first-order chi connectivity index (χ1) is 11.8. The van der Waals surface area contributed by atoms with Gasteiger partial charge in [-0.2, -0.15) is 0 Å². The predicted octanol–water partition coefficient (Wildman–Crippen LogP) is 5.74. The Balaban J connectivity index is 3.08. The van der Waals surface area contributed by atoms with Gasteiger partial charge >= 0.3 is 0 Å². The molecule has 0 aliphatic carbocycles. The molecule has 1 unspecified atom stereocenters. The Morgan fingerprint density at radius 2 is 1.17 bits per heavy atom. The van der Waals surface area contributed by atoms with E-state index in [0.29, 0.717) is 6.61 Å². The van der Waals surface area contributed by atoms with Crippen LogP contribution in [-0.4, -0.2) is 29.7 Å². The monoisotopic (exact) mass is 342 g/mol. The minimum Gasteiger partial charge on any atom is -0.391 e. The molecule has 0 aromatic carbocycles. The maximum Gasteiger partial charge on any atom is 0.177 e. The Morgan fingerprint density at radius 3 is 1.67 bits per heavy atom. The first kappa shape index (κ1) is 23.6. The normalized spacial score (nSPS) is 13.0. The molecule has 0 aromatic heterocycles. The number of hydrogen-bond donors (Lipinski definition) is 2. The van der Waals surface area contributed by atoms with Crippen molar-refractivity contribution < 1.29 is 14.9 Å². The van der Waals surface area contributed by atoms with E-state index in [0.717, 1.165) is 12.8 Å². The van der Waals surface area contributed by atoms with E-state index in [1.165, 1.54) is 83.5 Å². The van der Waals surface area contributed by atoms with Crippen LogP contribution in [0.15, 0.2) is 12.2 Å². The Labute approximate surface area is 150 Å². The Bertz CT molecular complexity index is 253. The molecule has 24 heavy (non-hydrogen) atoms. The number of ether oxygens (including phenoxy) is 1. The van der Waals surface area contributed by atoms with Crippen LogP contribution < -0.4 is 0 Å². The number of aliphatic hydroxyl groups is 2. The maximum atomic E-state index is 9.02. The lowest BCUT2D eigenvalue weighted by Crippen LogP contribution is -2.16. The van der Waals surface area contributed by atoms with Gasteiger partial charge < -0.3 is 14.9 Å². The predicted molar refractivity (Wildman–Crippen MR) is 103 cm³/mol. The molecule has 0 spiro atoms. The molecular weight excluding hydrogens is 300 g/mol. The molecule has 0 bridgehead atoms. The molecule has 0 saturated carbocycles. The van der Waals surface area contributed by atoms with Gasteiger partial charge in [-0.3, -0.25) is 0 Å². The van der Waals surface area contributed by atoms with E-state index in [9.17, 15) is 0 Å². The fourth-order valence-corrected chi connectivity index (χ4v) is 2.80. The van der Waals surface area contributed by atoms with Crippen molar-refractivity contribution in [1.82, 2.24) is 0 Å². The Morgan fingerprint density at radius 1 is 0.708 bits per heavy atom. The zero-order chi connectivity index (χ0) is 17.7. The molecule has 0 aromatic rings. The van der Waals surface area contributed by atoms with Gasteiger partial charge in [0.1, 0.15) is 0 Å². The van der Waals surface area contributed by atoms with Crippen LogP contribution in [0.1, 0.15) is 103 Å². The summed E-state index contributed by atoms with van der Waals surface area (Å²) in [4.78, 5) is 0. The van der Waals surface area contributed by atoms with Gasteiger partial charge in [-0.1, -0.05) is 83.3 Å². The van der Waals surface area contributed by atoms with Gasteiger partial charge in [-0.05, 0) is 32.1 Å². The van der Waals surface area contributed by atoms with Crippen molar-refractivity contribution in [2.45, 2.75) is 110 Å². The van der Waals surface area contributed by atoms with Crippen molar-refractivity contribution in [2.24, 2.45) is 0 Å². The van der Waals surface area contributed by atoms with Crippen molar-refractivity contribution in [3.63, 3.8) is 0 Å². The second kappa shape index (κ2) is 20.7. The van der Waals surface area contributed by atoms with Gasteiger partial charge in [0, 0.05) is 6.61 Å². The smallest absolute Gasteiger partial charge is 0.177 e. The van der Waals surface area contributed by atoms with Crippen LogP contribution in [0.4, 0.5) is 0 Å². The van der Waals surface area contributed by atoms with Crippen molar-refractivity contribution >= 4 is 0 Å². The quantitative estimate of drug-likeness (QED) is 0.179. The molecular formula is C21H42O3. The molecule has 0 radical (unpaired) electrons. The zero-order valence-corrected chi connectivity index (χ0v) is 16.1. The molecule has 0 rings (SSSR count). The summed E-state index contributed by atoms with van der Waals surface area (Å²) in [6.07, 6.45) is 23.2. The lowest BCUT2D eigenvalue weighted by Gasteiger charge is -2.08. The first-order valence-corrected chi connectivity index (χ1v) is 10.4. The van der Waals surface area contributed by atoms with Gasteiger partial charge in [0.2, 0.25) is 0 Å². The van der Waals surface area contributed by atoms with Crippen molar-refractivity contribution in [1.29, 1.82) is 0 Å². The van der Waals surface area contributed by atoms with E-state index in [2.05, 4.69) is 19.1 Å². The van der Waals surface area contributed by atoms with E-state index >= 15 is 0 Å². The lowest BCUT2D eigenvalue weighted by molar-refractivity contribution is -0.125. The van der Waals surface area contributed by atoms with E-state index < -0.39 is 6.29 Å². The fraction of sp³-hybridized carbons (Fsp3) is 0.905. The van der Waals surface area contributed by atoms with Crippen LogP contribution in [0.3, 0.4) is 0 Å². The summed E-state index contributed by atoms with van der Waals surface area (Å²) < 4.78 is 5.01. The summed E-state index contributed by atoms with van der Waals surface area (Å²) in [5.41, 5.74) is 0. The fourth-order valence-electron chi connectivity index (χ4n) is 2.80. The summed E-state index contributed by atoms with van der Waals surface area (Å²) in [7, 11) is 0. The summed E-state index contributed by atoms with van der Waals surface area (Å²) in [5.74, 6) is 0. The largest absolute Gasteiger partial charge is 0.391 e. The van der Waals surface area contributed by atoms with Crippen LogP contribution >= 0.6 is 0 Å². The highest BCUT2D eigenvalue weighted by atomic mass is 16.6. The highest BCUT2D eigenvalue weighted by molar-refractivity contribution is 4.81. The van der Waals surface area contributed by atoms with Crippen LogP contribution in [0.2, 0.25) is 0 Å². The molecule has 0 aliphatic rings. The minimum atomic E-state index is -1.00. The SMILES string of the molecule is CCCCCCCC/C=C\CCCCCCCCCOC(O)CO. The minimum absolute atomic E-state index is 0.312. The molecule has 0 heterocycles. The molecule has 144 valence electrons. The topological polar surface area (TPSA) is 49.7 Å². The highest BCUT2D eigenvalue weighted by Crippen LogP contribution is 2.10. The average molecular weight is 343 g/mol. The summed E-state index contributed by atoms with van der Waals surface area (Å²) >= 11 is 0. The molecule has 3 heteroatoms. The molecule has 2 N–H and O–H groups in total. The van der Waals surface area contributed by atoms with E-state index in [-0.39, 0.29) is 6.61 Å². The van der Waals surface area contributed by atoms with E-state index in [1.54, 1.807) is 0 Å². The lowest BCUT2D eigenvalue weighted by atomic mass is 10.1. The van der Waals surface area contributed by atoms with Gasteiger partial charge in [0.05, 0.1) is 6.61 Å². The van der Waals surface area contributed by atoms with Crippen molar-refractivity contribution in [3.8, 4) is 0 Å². The van der Waals surface area contributed by atoms with E-state index in [4.69, 9.17) is 14.9 Å². The van der Waals surface area contributed by atoms with Crippen LogP contribution in [-0.2, 0) is 4.74 Å². The molecule has 0 amide bonds. The summed E-state index contributed by atoms with van der Waals surface area (Å²) in [6.45, 7) is 2.50. The van der Waals surface area contributed by atoms with Crippen LogP contribution in [0.25, 0.3) is 0 Å². The number of unbranched alkanes of at least 4 members (excludes halogenated alkanes) is 13. The second-order valence-corrected chi connectivity index (χ2v) is 6.80. The standard InChI is InChI=1S/C21H42O3/c1-2-3-4-5-6-7-8-9-10-11-12-13-14-15-16-17-18-19-24-21(23)20-22/h9-10,21-23H,2-8,11-20H2,1H3/b10-9-. The summed E-state index contributed by atoms with van der Waals surface area (Å²) in [5, 5.41) is 17.6. The third kappa shape index (κ3) is 19.7. The third-order valence-electron chi connectivity index (χ3n) is 4.37. The van der Waals surface area contributed by atoms with Gasteiger partial charge in [0.25, 0.3) is 0 Å². The zero-order valence-electron chi connectivity index (χ0n) is 16.1. The Kier molecular flexibility index (Phi) is 20.3. The average Bonchev–Trinajstić information content (AvgIpc) is 2.60. The third-order valence-corrected chi connectivity index (χ3v) is 4.37.